The van der Waals surface area contributed by atoms with Crippen LogP contribution in [0.3, 0.4) is 0 Å². The van der Waals surface area contributed by atoms with Crippen molar-refractivity contribution in [2.45, 2.75) is 17.9 Å². The second-order valence-electron chi connectivity index (χ2n) is 6.58. The third kappa shape index (κ3) is 5.95. The topological polar surface area (TPSA) is 102 Å². The van der Waals surface area contributed by atoms with Gasteiger partial charge in [0.25, 0.3) is 5.91 Å². The van der Waals surface area contributed by atoms with E-state index in [2.05, 4.69) is 10.0 Å². The number of fused-ring (bicyclic) bond motifs is 1. The van der Waals surface area contributed by atoms with Crippen LogP contribution in [0.5, 0.6) is 0 Å². The van der Waals surface area contributed by atoms with E-state index >= 15 is 0 Å². The number of sulfonamides is 1. The van der Waals surface area contributed by atoms with Crippen LogP contribution >= 0.6 is 23.2 Å². The first-order valence-corrected chi connectivity index (χ1v) is 11.3. The monoisotopic (exact) mass is 480 g/mol. The predicted molar refractivity (Wildman–Crippen MR) is 120 cm³/mol. The number of rotatable bonds is 7. The Morgan fingerprint density at radius 1 is 1.00 bits per heavy atom. The first kappa shape index (κ1) is 23.0. The van der Waals surface area contributed by atoms with Gasteiger partial charge in [-0.05, 0) is 48.0 Å². The van der Waals surface area contributed by atoms with E-state index in [0.29, 0.717) is 10.7 Å². The van der Waals surface area contributed by atoms with Crippen molar-refractivity contribution in [3.63, 3.8) is 0 Å². The fraction of sp³-hybridized carbons (Fsp3) is 0.143. The SMILES string of the molecule is C[C@@H](OC(=O)CNS(=O)(=O)c1ccc2ccccc2c1)C(=O)Nc1ccc(Cl)cc1Cl. The molecule has 0 aromatic heterocycles. The largest absolute Gasteiger partial charge is 0.452 e. The number of hydrogen-bond acceptors (Lipinski definition) is 5. The molecule has 3 rings (SSSR count). The first-order valence-electron chi connectivity index (χ1n) is 9.09. The van der Waals surface area contributed by atoms with Crippen LogP contribution in [0.4, 0.5) is 5.69 Å². The first-order chi connectivity index (χ1) is 14.7. The van der Waals surface area contributed by atoms with Crippen molar-refractivity contribution in [3.05, 3.63) is 70.7 Å². The predicted octanol–water partition coefficient (Wildman–Crippen LogP) is 4.00. The van der Waals surface area contributed by atoms with Crippen LogP contribution in [0.15, 0.2) is 65.6 Å². The molecule has 31 heavy (non-hydrogen) atoms. The Morgan fingerprint density at radius 2 is 1.71 bits per heavy atom. The lowest BCUT2D eigenvalue weighted by atomic mass is 10.1. The number of ether oxygens (including phenoxy) is 1. The van der Waals surface area contributed by atoms with Gasteiger partial charge in [-0.25, -0.2) is 8.42 Å². The second-order valence-corrected chi connectivity index (χ2v) is 9.19. The van der Waals surface area contributed by atoms with Gasteiger partial charge in [-0.2, -0.15) is 4.72 Å². The van der Waals surface area contributed by atoms with Gasteiger partial charge >= 0.3 is 5.97 Å². The lowest BCUT2D eigenvalue weighted by molar-refractivity contribution is -0.151. The molecule has 0 unspecified atom stereocenters. The smallest absolute Gasteiger partial charge is 0.321 e. The molecule has 0 heterocycles. The molecule has 0 spiro atoms. The van der Waals surface area contributed by atoms with Gasteiger partial charge in [-0.1, -0.05) is 53.5 Å². The van der Waals surface area contributed by atoms with Gasteiger partial charge in [0.2, 0.25) is 10.0 Å². The van der Waals surface area contributed by atoms with E-state index in [4.69, 9.17) is 27.9 Å². The van der Waals surface area contributed by atoms with Crippen LogP contribution in [0.1, 0.15) is 6.92 Å². The quantitative estimate of drug-likeness (QED) is 0.497. The number of nitrogens with one attached hydrogen (secondary N) is 2. The summed E-state index contributed by atoms with van der Waals surface area (Å²) in [6.07, 6.45) is -1.18. The van der Waals surface area contributed by atoms with E-state index in [0.717, 1.165) is 10.8 Å². The summed E-state index contributed by atoms with van der Waals surface area (Å²) in [5.41, 5.74) is 0.302. The zero-order valence-corrected chi connectivity index (χ0v) is 18.6. The summed E-state index contributed by atoms with van der Waals surface area (Å²) in [5.74, 6) is -1.54. The summed E-state index contributed by atoms with van der Waals surface area (Å²) in [6.45, 7) is 0.726. The average molecular weight is 481 g/mol. The van der Waals surface area contributed by atoms with E-state index in [-0.39, 0.29) is 9.92 Å². The highest BCUT2D eigenvalue weighted by Crippen LogP contribution is 2.25. The Bertz CT molecular complexity index is 1250. The Morgan fingerprint density at radius 3 is 2.42 bits per heavy atom. The molecule has 0 saturated heterocycles. The fourth-order valence-corrected chi connectivity index (χ4v) is 4.15. The molecule has 10 heteroatoms. The maximum absolute atomic E-state index is 12.5. The second kappa shape index (κ2) is 9.65. The van der Waals surface area contributed by atoms with Crippen LogP contribution in [-0.2, 0) is 24.3 Å². The van der Waals surface area contributed by atoms with Gasteiger partial charge in [-0.15, -0.1) is 0 Å². The minimum absolute atomic E-state index is 0.0159. The molecule has 0 aliphatic heterocycles. The standard InChI is InChI=1S/C21H18Cl2N2O5S/c1-13(21(27)25-19-9-7-16(22)11-18(19)23)30-20(26)12-24-31(28,29)17-8-6-14-4-2-3-5-15(14)10-17/h2-11,13,24H,12H2,1H3,(H,25,27)/t13-/m1/s1. The minimum atomic E-state index is -3.94. The van der Waals surface area contributed by atoms with Crippen molar-refractivity contribution < 1.29 is 22.7 Å². The molecule has 162 valence electrons. The lowest BCUT2D eigenvalue weighted by Gasteiger charge is -2.15. The fourth-order valence-electron chi connectivity index (χ4n) is 2.69. The van der Waals surface area contributed by atoms with E-state index in [1.807, 2.05) is 12.1 Å². The van der Waals surface area contributed by atoms with Gasteiger partial charge in [0, 0.05) is 5.02 Å². The molecule has 1 atom stereocenters. The molecule has 0 aliphatic carbocycles. The summed E-state index contributed by atoms with van der Waals surface area (Å²) >= 11 is 11.8. The van der Waals surface area contributed by atoms with Crippen molar-refractivity contribution in [2.75, 3.05) is 11.9 Å². The number of esters is 1. The molecule has 2 N–H and O–H groups in total. The summed E-state index contributed by atoms with van der Waals surface area (Å²) in [6, 6.07) is 16.4. The van der Waals surface area contributed by atoms with Crippen LogP contribution in [0, 0.1) is 0 Å². The van der Waals surface area contributed by atoms with Crippen molar-refractivity contribution in [1.29, 1.82) is 0 Å². The average Bonchev–Trinajstić information content (AvgIpc) is 2.74. The zero-order valence-electron chi connectivity index (χ0n) is 16.3. The molecule has 3 aromatic carbocycles. The van der Waals surface area contributed by atoms with Crippen LogP contribution < -0.4 is 10.0 Å². The molecule has 3 aromatic rings. The van der Waals surface area contributed by atoms with Gasteiger partial charge < -0.3 is 10.1 Å². The molecule has 0 saturated carbocycles. The van der Waals surface area contributed by atoms with E-state index in [1.54, 1.807) is 24.3 Å². The highest BCUT2D eigenvalue weighted by atomic mass is 35.5. The number of anilines is 1. The molecule has 0 radical (unpaired) electrons. The van der Waals surface area contributed by atoms with Gasteiger partial charge in [0.1, 0.15) is 6.54 Å². The third-order valence-electron chi connectivity index (χ3n) is 4.30. The maximum atomic E-state index is 12.5. The summed E-state index contributed by atoms with van der Waals surface area (Å²) < 4.78 is 32.1. The highest BCUT2D eigenvalue weighted by molar-refractivity contribution is 7.89. The number of carbonyl (C=O) groups is 2. The number of amides is 1. The van der Waals surface area contributed by atoms with Gasteiger partial charge in [0.05, 0.1) is 15.6 Å². The van der Waals surface area contributed by atoms with Crippen LogP contribution in [0.2, 0.25) is 10.0 Å². The Labute approximate surface area is 189 Å². The number of hydrogen-bond donors (Lipinski definition) is 2. The molecular weight excluding hydrogens is 463 g/mol. The third-order valence-corrected chi connectivity index (χ3v) is 6.25. The van der Waals surface area contributed by atoms with Gasteiger partial charge in [0.15, 0.2) is 6.10 Å². The van der Waals surface area contributed by atoms with E-state index < -0.39 is 34.5 Å². The zero-order chi connectivity index (χ0) is 22.6. The van der Waals surface area contributed by atoms with Crippen molar-refractivity contribution >= 4 is 61.6 Å². The lowest BCUT2D eigenvalue weighted by Crippen LogP contribution is -2.35. The summed E-state index contributed by atoms with van der Waals surface area (Å²) in [4.78, 5) is 24.3. The van der Waals surface area contributed by atoms with Crippen molar-refractivity contribution in [1.82, 2.24) is 4.72 Å². The van der Waals surface area contributed by atoms with Gasteiger partial charge in [-0.3, -0.25) is 9.59 Å². The molecule has 0 aliphatic rings. The Hall–Kier alpha value is -2.65. The molecule has 0 bridgehead atoms. The molecular formula is C21H18Cl2N2O5S. The Kier molecular flexibility index (Phi) is 7.17. The van der Waals surface area contributed by atoms with Crippen LogP contribution in [0.25, 0.3) is 10.8 Å². The van der Waals surface area contributed by atoms with Crippen LogP contribution in [-0.4, -0.2) is 32.9 Å². The van der Waals surface area contributed by atoms with Crippen molar-refractivity contribution in [3.8, 4) is 0 Å². The molecule has 7 nitrogen and oxygen atoms in total. The molecule has 0 fully saturated rings. The highest BCUT2D eigenvalue weighted by Gasteiger charge is 2.21. The number of carbonyl (C=O) groups excluding carboxylic acids is 2. The summed E-state index contributed by atoms with van der Waals surface area (Å²) in [7, 11) is -3.94. The van der Waals surface area contributed by atoms with E-state index in [1.165, 1.54) is 31.2 Å². The normalized spacial score (nSPS) is 12.4. The summed E-state index contributed by atoms with van der Waals surface area (Å²) in [5, 5.41) is 4.78. The number of halogens is 2. The maximum Gasteiger partial charge on any atom is 0.321 e. The minimum Gasteiger partial charge on any atom is -0.452 e. The number of benzene rings is 3. The molecule has 1 amide bonds. The van der Waals surface area contributed by atoms with Crippen molar-refractivity contribution in [2.24, 2.45) is 0 Å². The Balaban J connectivity index is 1.57. The van der Waals surface area contributed by atoms with E-state index in [9.17, 15) is 18.0 Å².